The van der Waals surface area contributed by atoms with Gasteiger partial charge in [0.1, 0.15) is 5.82 Å². The first-order valence-corrected chi connectivity index (χ1v) is 7.57. The number of halogens is 1. The van der Waals surface area contributed by atoms with Crippen LogP contribution in [0, 0.1) is 5.82 Å². The van der Waals surface area contributed by atoms with Crippen molar-refractivity contribution in [3.8, 4) is 0 Å². The van der Waals surface area contributed by atoms with Crippen LogP contribution in [0.25, 0.3) is 0 Å². The lowest BCUT2D eigenvalue weighted by Gasteiger charge is -2.29. The number of benzene rings is 2. The van der Waals surface area contributed by atoms with E-state index in [0.29, 0.717) is 6.54 Å². The van der Waals surface area contributed by atoms with Crippen molar-refractivity contribution in [1.29, 1.82) is 0 Å². The van der Waals surface area contributed by atoms with E-state index in [1.54, 1.807) is 4.90 Å². The van der Waals surface area contributed by atoms with Gasteiger partial charge in [-0.3, -0.25) is 9.59 Å². The molecule has 2 aromatic rings. The van der Waals surface area contributed by atoms with Gasteiger partial charge in [-0.05, 0) is 42.7 Å². The Labute approximate surface area is 133 Å². The summed E-state index contributed by atoms with van der Waals surface area (Å²) in [6.07, 6.45) is 1.86. The maximum atomic E-state index is 13.1. The normalized spacial score (nSPS) is 13.3. The van der Waals surface area contributed by atoms with Crippen LogP contribution in [0.3, 0.4) is 0 Å². The van der Waals surface area contributed by atoms with Gasteiger partial charge < -0.3 is 10.2 Å². The van der Waals surface area contributed by atoms with Crippen LogP contribution in [-0.2, 0) is 11.2 Å². The second kappa shape index (κ2) is 6.60. The van der Waals surface area contributed by atoms with E-state index in [1.807, 2.05) is 24.3 Å². The molecule has 1 N–H and O–H groups in total. The quantitative estimate of drug-likeness (QED) is 0.947. The third-order valence-electron chi connectivity index (χ3n) is 3.90. The molecule has 1 aliphatic heterocycles. The molecular weight excluding hydrogens is 295 g/mol. The Morgan fingerprint density at radius 1 is 1.13 bits per heavy atom. The number of fused-ring (bicyclic) bond motifs is 1. The molecule has 0 unspecified atom stereocenters. The fourth-order valence-electron chi connectivity index (χ4n) is 2.78. The van der Waals surface area contributed by atoms with E-state index in [0.717, 1.165) is 30.2 Å². The standard InChI is InChI=1S/C18H17FN2O2/c19-15-8-3-6-14(11-15)18(23)20-12-17(22)21-10-4-7-13-5-1-2-9-16(13)21/h1-3,5-6,8-9,11H,4,7,10,12H2,(H,20,23). The summed E-state index contributed by atoms with van der Waals surface area (Å²) in [5.74, 6) is -1.10. The number of hydrogen-bond acceptors (Lipinski definition) is 2. The first kappa shape index (κ1) is 15.2. The highest BCUT2D eigenvalue weighted by Crippen LogP contribution is 2.26. The predicted octanol–water partition coefficient (Wildman–Crippen LogP) is 2.53. The molecule has 2 amide bonds. The Morgan fingerprint density at radius 3 is 2.78 bits per heavy atom. The van der Waals surface area contributed by atoms with E-state index in [2.05, 4.69) is 5.32 Å². The Hall–Kier alpha value is -2.69. The lowest BCUT2D eigenvalue weighted by atomic mass is 10.0. The molecule has 0 fully saturated rings. The number of para-hydroxylation sites is 1. The lowest BCUT2D eigenvalue weighted by Crippen LogP contribution is -2.42. The number of aryl methyl sites for hydroxylation is 1. The summed E-state index contributed by atoms with van der Waals surface area (Å²) in [7, 11) is 0. The van der Waals surface area contributed by atoms with E-state index < -0.39 is 11.7 Å². The van der Waals surface area contributed by atoms with Crippen molar-refractivity contribution in [3.63, 3.8) is 0 Å². The average Bonchev–Trinajstić information content (AvgIpc) is 2.59. The molecule has 0 atom stereocenters. The molecule has 0 aliphatic carbocycles. The Kier molecular flexibility index (Phi) is 4.37. The molecule has 23 heavy (non-hydrogen) atoms. The number of hydrogen-bond donors (Lipinski definition) is 1. The summed E-state index contributed by atoms with van der Waals surface area (Å²) in [5, 5.41) is 2.56. The van der Waals surface area contributed by atoms with Crippen molar-refractivity contribution in [2.75, 3.05) is 18.0 Å². The molecule has 0 radical (unpaired) electrons. The molecule has 0 saturated heterocycles. The van der Waals surface area contributed by atoms with Crippen LogP contribution in [0.5, 0.6) is 0 Å². The van der Waals surface area contributed by atoms with Gasteiger partial charge in [0.2, 0.25) is 5.91 Å². The minimum atomic E-state index is -0.478. The summed E-state index contributed by atoms with van der Waals surface area (Å²) in [6, 6.07) is 13.2. The van der Waals surface area contributed by atoms with Gasteiger partial charge in [-0.25, -0.2) is 4.39 Å². The molecule has 2 aromatic carbocycles. The maximum absolute atomic E-state index is 13.1. The smallest absolute Gasteiger partial charge is 0.251 e. The first-order valence-electron chi connectivity index (χ1n) is 7.57. The largest absolute Gasteiger partial charge is 0.343 e. The SMILES string of the molecule is O=C(NCC(=O)N1CCCc2ccccc21)c1cccc(F)c1. The molecule has 0 saturated carbocycles. The van der Waals surface area contributed by atoms with Crippen LogP contribution < -0.4 is 10.2 Å². The Bertz CT molecular complexity index is 745. The van der Waals surface area contributed by atoms with Crippen LogP contribution in [-0.4, -0.2) is 24.9 Å². The average molecular weight is 312 g/mol. The van der Waals surface area contributed by atoms with Crippen molar-refractivity contribution in [2.45, 2.75) is 12.8 Å². The minimum absolute atomic E-state index is 0.107. The van der Waals surface area contributed by atoms with Gasteiger partial charge in [-0.1, -0.05) is 24.3 Å². The zero-order valence-electron chi connectivity index (χ0n) is 12.6. The molecular formula is C18H17FN2O2. The molecule has 4 nitrogen and oxygen atoms in total. The highest BCUT2D eigenvalue weighted by molar-refractivity contribution is 6.00. The summed E-state index contributed by atoms with van der Waals surface area (Å²) in [6.45, 7) is 0.537. The van der Waals surface area contributed by atoms with E-state index in [9.17, 15) is 14.0 Å². The zero-order chi connectivity index (χ0) is 16.2. The van der Waals surface area contributed by atoms with Gasteiger partial charge in [-0.2, -0.15) is 0 Å². The highest BCUT2D eigenvalue weighted by Gasteiger charge is 2.22. The lowest BCUT2D eigenvalue weighted by molar-refractivity contribution is -0.117. The molecule has 1 heterocycles. The molecule has 3 rings (SSSR count). The number of carbonyl (C=O) groups is 2. The third-order valence-corrected chi connectivity index (χ3v) is 3.90. The second-order valence-corrected chi connectivity index (χ2v) is 5.47. The molecule has 5 heteroatoms. The van der Waals surface area contributed by atoms with Crippen molar-refractivity contribution >= 4 is 17.5 Å². The number of rotatable bonds is 3. The predicted molar refractivity (Wildman–Crippen MR) is 85.8 cm³/mol. The van der Waals surface area contributed by atoms with Crippen LogP contribution in [0.1, 0.15) is 22.3 Å². The van der Waals surface area contributed by atoms with E-state index in [-0.39, 0.29) is 18.0 Å². The van der Waals surface area contributed by atoms with Crippen molar-refractivity contribution in [1.82, 2.24) is 5.32 Å². The van der Waals surface area contributed by atoms with Gasteiger partial charge in [0.15, 0.2) is 0 Å². The maximum Gasteiger partial charge on any atom is 0.251 e. The number of amides is 2. The van der Waals surface area contributed by atoms with Crippen LogP contribution >= 0.6 is 0 Å². The van der Waals surface area contributed by atoms with Gasteiger partial charge in [0, 0.05) is 17.8 Å². The van der Waals surface area contributed by atoms with E-state index >= 15 is 0 Å². The van der Waals surface area contributed by atoms with Crippen LogP contribution in [0.2, 0.25) is 0 Å². The molecule has 0 aromatic heterocycles. The van der Waals surface area contributed by atoms with Gasteiger partial charge in [-0.15, -0.1) is 0 Å². The fourth-order valence-corrected chi connectivity index (χ4v) is 2.78. The van der Waals surface area contributed by atoms with Crippen molar-refractivity contribution in [2.24, 2.45) is 0 Å². The van der Waals surface area contributed by atoms with E-state index in [4.69, 9.17) is 0 Å². The zero-order valence-corrected chi connectivity index (χ0v) is 12.6. The summed E-state index contributed by atoms with van der Waals surface area (Å²) in [4.78, 5) is 26.1. The van der Waals surface area contributed by atoms with Crippen LogP contribution in [0.15, 0.2) is 48.5 Å². The van der Waals surface area contributed by atoms with Gasteiger partial charge in [0.25, 0.3) is 5.91 Å². The Balaban J connectivity index is 1.65. The summed E-state index contributed by atoms with van der Waals surface area (Å²) < 4.78 is 13.1. The number of nitrogens with one attached hydrogen (secondary N) is 1. The second-order valence-electron chi connectivity index (χ2n) is 5.47. The first-order chi connectivity index (χ1) is 11.1. The molecule has 0 bridgehead atoms. The molecule has 0 spiro atoms. The number of anilines is 1. The topological polar surface area (TPSA) is 49.4 Å². The van der Waals surface area contributed by atoms with Crippen molar-refractivity contribution < 1.29 is 14.0 Å². The van der Waals surface area contributed by atoms with Crippen molar-refractivity contribution in [3.05, 3.63) is 65.5 Å². The third kappa shape index (κ3) is 3.39. The Morgan fingerprint density at radius 2 is 1.96 bits per heavy atom. The minimum Gasteiger partial charge on any atom is -0.343 e. The van der Waals surface area contributed by atoms with Gasteiger partial charge in [0.05, 0.1) is 6.54 Å². The highest BCUT2D eigenvalue weighted by atomic mass is 19.1. The number of nitrogens with zero attached hydrogens (tertiary/aromatic N) is 1. The summed E-state index contributed by atoms with van der Waals surface area (Å²) >= 11 is 0. The van der Waals surface area contributed by atoms with E-state index in [1.165, 1.54) is 18.2 Å². The van der Waals surface area contributed by atoms with Gasteiger partial charge >= 0.3 is 0 Å². The molecule has 118 valence electrons. The monoisotopic (exact) mass is 312 g/mol. The number of carbonyl (C=O) groups excluding carboxylic acids is 2. The van der Waals surface area contributed by atoms with Crippen LogP contribution in [0.4, 0.5) is 10.1 Å². The summed E-state index contributed by atoms with van der Waals surface area (Å²) in [5.41, 5.74) is 2.25. The molecule has 1 aliphatic rings. The fraction of sp³-hybridized carbons (Fsp3) is 0.222.